The third-order valence-electron chi connectivity index (χ3n) is 3.50. The zero-order chi connectivity index (χ0) is 15.3. The van der Waals surface area contributed by atoms with Crippen LogP contribution in [0.25, 0.3) is 0 Å². The first-order valence-corrected chi connectivity index (χ1v) is 8.45. The standard InChI is InChI=1S/C14H23N3O3S/c1-15-10-14-12-17(8-9-20-14)21(18,19)16(2)11-13-6-4-3-5-7-13/h3-7,14-15H,8-12H2,1-2H3. The average Bonchev–Trinajstić information content (AvgIpc) is 2.49. The van der Waals surface area contributed by atoms with E-state index in [2.05, 4.69) is 5.32 Å². The van der Waals surface area contributed by atoms with Crippen molar-refractivity contribution in [1.29, 1.82) is 0 Å². The third kappa shape index (κ3) is 4.24. The summed E-state index contributed by atoms with van der Waals surface area (Å²) in [6.45, 7) is 2.25. The Balaban J connectivity index is 2.02. The lowest BCUT2D eigenvalue weighted by Crippen LogP contribution is -2.52. The van der Waals surface area contributed by atoms with Crippen LogP contribution in [0.1, 0.15) is 5.56 Å². The van der Waals surface area contributed by atoms with Gasteiger partial charge in [0.15, 0.2) is 0 Å². The van der Waals surface area contributed by atoms with E-state index >= 15 is 0 Å². The van der Waals surface area contributed by atoms with Gasteiger partial charge in [0.05, 0.1) is 12.7 Å². The quantitative estimate of drug-likeness (QED) is 0.820. The molecule has 1 heterocycles. The van der Waals surface area contributed by atoms with E-state index in [1.54, 1.807) is 7.05 Å². The van der Waals surface area contributed by atoms with E-state index in [-0.39, 0.29) is 6.10 Å². The highest BCUT2D eigenvalue weighted by Gasteiger charge is 2.32. The molecule has 0 amide bonds. The van der Waals surface area contributed by atoms with Gasteiger partial charge < -0.3 is 10.1 Å². The van der Waals surface area contributed by atoms with Crippen molar-refractivity contribution in [2.75, 3.05) is 40.3 Å². The number of ether oxygens (including phenoxy) is 1. The normalized spacial score (nSPS) is 20.8. The number of nitrogens with one attached hydrogen (secondary N) is 1. The number of nitrogens with zero attached hydrogens (tertiary/aromatic N) is 2. The van der Waals surface area contributed by atoms with E-state index in [0.717, 1.165) is 5.56 Å². The molecule has 1 unspecified atom stereocenters. The van der Waals surface area contributed by atoms with Crippen molar-refractivity contribution in [1.82, 2.24) is 13.9 Å². The molecule has 1 saturated heterocycles. The van der Waals surface area contributed by atoms with Gasteiger partial charge in [0, 0.05) is 33.2 Å². The zero-order valence-corrected chi connectivity index (χ0v) is 13.3. The molecule has 1 aliphatic heterocycles. The molecule has 6 nitrogen and oxygen atoms in total. The molecule has 1 aromatic carbocycles. The van der Waals surface area contributed by atoms with Crippen molar-refractivity contribution in [3.05, 3.63) is 35.9 Å². The monoisotopic (exact) mass is 313 g/mol. The van der Waals surface area contributed by atoms with Gasteiger partial charge in [-0.15, -0.1) is 0 Å². The van der Waals surface area contributed by atoms with Crippen LogP contribution >= 0.6 is 0 Å². The first-order chi connectivity index (χ1) is 10.0. The highest BCUT2D eigenvalue weighted by atomic mass is 32.2. The molecule has 118 valence electrons. The molecule has 1 aromatic rings. The molecule has 0 aliphatic carbocycles. The van der Waals surface area contributed by atoms with Crippen molar-refractivity contribution in [2.45, 2.75) is 12.6 Å². The molecule has 1 atom stereocenters. The van der Waals surface area contributed by atoms with Gasteiger partial charge in [-0.1, -0.05) is 30.3 Å². The van der Waals surface area contributed by atoms with Crippen molar-refractivity contribution in [3.63, 3.8) is 0 Å². The van der Waals surface area contributed by atoms with Crippen molar-refractivity contribution >= 4 is 10.2 Å². The number of morpholine rings is 1. The smallest absolute Gasteiger partial charge is 0.282 e. The Bertz CT molecular complexity index is 534. The molecule has 1 N–H and O–H groups in total. The van der Waals surface area contributed by atoms with Gasteiger partial charge >= 0.3 is 0 Å². The first kappa shape index (κ1) is 16.4. The molecule has 2 rings (SSSR count). The Morgan fingerprint density at radius 3 is 2.76 bits per heavy atom. The Labute approximate surface area is 126 Å². The lowest BCUT2D eigenvalue weighted by Gasteiger charge is -2.34. The van der Waals surface area contributed by atoms with Crippen LogP contribution in [-0.4, -0.2) is 63.5 Å². The van der Waals surface area contributed by atoms with Crippen molar-refractivity contribution in [2.24, 2.45) is 0 Å². The minimum atomic E-state index is -3.45. The number of hydrogen-bond donors (Lipinski definition) is 1. The van der Waals surface area contributed by atoms with Crippen LogP contribution in [0.15, 0.2) is 30.3 Å². The SMILES string of the molecule is CNCC1CN(S(=O)(=O)N(C)Cc2ccccc2)CCO1. The summed E-state index contributed by atoms with van der Waals surface area (Å²) in [4.78, 5) is 0. The number of likely N-dealkylation sites (N-methyl/N-ethyl adjacent to an activating group) is 1. The largest absolute Gasteiger partial charge is 0.374 e. The maximum Gasteiger partial charge on any atom is 0.282 e. The molecule has 7 heteroatoms. The second kappa shape index (κ2) is 7.33. The molecule has 21 heavy (non-hydrogen) atoms. The van der Waals surface area contributed by atoms with Crippen LogP contribution in [0.5, 0.6) is 0 Å². The van der Waals surface area contributed by atoms with Gasteiger partial charge in [0.1, 0.15) is 0 Å². The molecule has 1 aliphatic rings. The summed E-state index contributed by atoms with van der Waals surface area (Å²) in [5.41, 5.74) is 0.976. The number of benzene rings is 1. The van der Waals surface area contributed by atoms with Crippen molar-refractivity contribution in [3.8, 4) is 0 Å². The summed E-state index contributed by atoms with van der Waals surface area (Å²) in [6, 6.07) is 9.59. The topological polar surface area (TPSA) is 61.9 Å². The van der Waals surface area contributed by atoms with E-state index in [0.29, 0.717) is 32.8 Å². The van der Waals surface area contributed by atoms with Crippen molar-refractivity contribution < 1.29 is 13.2 Å². The van der Waals surface area contributed by atoms with E-state index in [1.165, 1.54) is 8.61 Å². The van der Waals surface area contributed by atoms with Gasteiger partial charge in [-0.2, -0.15) is 17.0 Å². The van der Waals surface area contributed by atoms with Crippen LogP contribution in [0.3, 0.4) is 0 Å². The van der Waals surface area contributed by atoms with E-state index in [4.69, 9.17) is 4.74 Å². The molecule has 0 radical (unpaired) electrons. The summed E-state index contributed by atoms with van der Waals surface area (Å²) in [7, 11) is -0.00495. The second-order valence-corrected chi connectivity index (χ2v) is 7.19. The number of rotatable bonds is 6. The van der Waals surface area contributed by atoms with Gasteiger partial charge in [-0.25, -0.2) is 0 Å². The molecule has 0 spiro atoms. The Morgan fingerprint density at radius 2 is 2.10 bits per heavy atom. The fourth-order valence-corrected chi connectivity index (χ4v) is 3.74. The summed E-state index contributed by atoms with van der Waals surface area (Å²) in [5.74, 6) is 0. The van der Waals surface area contributed by atoms with Crippen LogP contribution in [-0.2, 0) is 21.5 Å². The van der Waals surface area contributed by atoms with Gasteiger partial charge in [0.2, 0.25) is 0 Å². The summed E-state index contributed by atoms with van der Waals surface area (Å²) < 4.78 is 33.7. The zero-order valence-electron chi connectivity index (χ0n) is 12.5. The van der Waals surface area contributed by atoms with Crippen LogP contribution in [0.2, 0.25) is 0 Å². The van der Waals surface area contributed by atoms with Crippen LogP contribution in [0.4, 0.5) is 0 Å². The maximum absolute atomic E-state index is 12.6. The predicted octanol–water partition coefficient (Wildman–Crippen LogP) is 0.283. The van der Waals surface area contributed by atoms with E-state index in [1.807, 2.05) is 37.4 Å². The molecule has 0 bridgehead atoms. The van der Waals surface area contributed by atoms with E-state index in [9.17, 15) is 8.42 Å². The first-order valence-electron chi connectivity index (χ1n) is 7.05. The highest BCUT2D eigenvalue weighted by molar-refractivity contribution is 7.86. The van der Waals surface area contributed by atoms with Crippen LogP contribution in [0, 0.1) is 0 Å². The molecule has 0 saturated carbocycles. The lowest BCUT2D eigenvalue weighted by molar-refractivity contribution is -0.000758. The highest BCUT2D eigenvalue weighted by Crippen LogP contribution is 2.15. The van der Waals surface area contributed by atoms with Crippen LogP contribution < -0.4 is 5.32 Å². The second-order valence-electron chi connectivity index (χ2n) is 5.16. The molecular formula is C14H23N3O3S. The van der Waals surface area contributed by atoms with Gasteiger partial charge in [-0.3, -0.25) is 0 Å². The molecule has 0 aromatic heterocycles. The Hall–Kier alpha value is -0.990. The summed E-state index contributed by atoms with van der Waals surface area (Å²) >= 11 is 0. The average molecular weight is 313 g/mol. The fraction of sp³-hybridized carbons (Fsp3) is 0.571. The molecule has 1 fully saturated rings. The Morgan fingerprint density at radius 1 is 1.38 bits per heavy atom. The minimum Gasteiger partial charge on any atom is -0.374 e. The van der Waals surface area contributed by atoms with Gasteiger partial charge in [-0.05, 0) is 12.6 Å². The molecular weight excluding hydrogens is 290 g/mol. The fourth-order valence-electron chi connectivity index (χ4n) is 2.37. The maximum atomic E-state index is 12.6. The summed E-state index contributed by atoms with van der Waals surface area (Å²) in [6.07, 6.45) is -0.0938. The minimum absolute atomic E-state index is 0.0938. The van der Waals surface area contributed by atoms with Gasteiger partial charge in [0.25, 0.3) is 10.2 Å². The van der Waals surface area contributed by atoms with E-state index < -0.39 is 10.2 Å². The Kier molecular flexibility index (Phi) is 5.72. The third-order valence-corrected chi connectivity index (χ3v) is 5.40. The summed E-state index contributed by atoms with van der Waals surface area (Å²) in [5, 5.41) is 3.02. The number of hydrogen-bond acceptors (Lipinski definition) is 4. The lowest BCUT2D eigenvalue weighted by atomic mass is 10.2. The predicted molar refractivity (Wildman–Crippen MR) is 82.1 cm³/mol.